The highest BCUT2D eigenvalue weighted by Crippen LogP contribution is 2.31. The van der Waals surface area contributed by atoms with Gasteiger partial charge in [-0.05, 0) is 31.5 Å². The van der Waals surface area contributed by atoms with Crippen molar-refractivity contribution in [1.82, 2.24) is 5.32 Å². The predicted octanol–water partition coefficient (Wildman–Crippen LogP) is 3.04. The first-order valence-electron chi connectivity index (χ1n) is 6.56. The Morgan fingerprint density at radius 3 is 2.89 bits per heavy atom. The Labute approximate surface area is 109 Å². The maximum absolute atomic E-state index is 5.79. The topological polar surface area (TPSA) is 30.5 Å². The van der Waals surface area contributed by atoms with Crippen LogP contribution in [0.3, 0.4) is 0 Å². The van der Waals surface area contributed by atoms with Crippen LogP contribution in [0.25, 0.3) is 0 Å². The molecule has 1 aliphatic rings. The summed E-state index contributed by atoms with van der Waals surface area (Å²) in [7, 11) is 1.71. The third kappa shape index (κ3) is 2.85. The van der Waals surface area contributed by atoms with E-state index in [1.54, 1.807) is 7.11 Å². The van der Waals surface area contributed by atoms with Crippen LogP contribution < -0.4 is 10.1 Å². The van der Waals surface area contributed by atoms with Crippen molar-refractivity contribution < 1.29 is 9.47 Å². The summed E-state index contributed by atoms with van der Waals surface area (Å²) in [5, 5.41) is 3.47. The molecule has 1 aromatic rings. The standard InChI is InChI=1S/C15H21NO2/c1-3-16-15(14-10-6-7-11-18-14)12-8-4-5-9-13(12)17-2/h4-5,8-10,15-16H,3,6-7,11H2,1-2H3. The van der Waals surface area contributed by atoms with Crippen LogP contribution in [0, 0.1) is 0 Å². The molecule has 1 N–H and O–H groups in total. The summed E-state index contributed by atoms with van der Waals surface area (Å²) in [6.07, 6.45) is 4.38. The van der Waals surface area contributed by atoms with Gasteiger partial charge < -0.3 is 14.8 Å². The minimum absolute atomic E-state index is 0.0893. The van der Waals surface area contributed by atoms with Gasteiger partial charge in [0.1, 0.15) is 11.5 Å². The molecule has 0 aliphatic carbocycles. The van der Waals surface area contributed by atoms with Crippen molar-refractivity contribution in [3.05, 3.63) is 41.7 Å². The Hall–Kier alpha value is -1.48. The highest BCUT2D eigenvalue weighted by atomic mass is 16.5. The highest BCUT2D eigenvalue weighted by molar-refractivity contribution is 5.39. The molecule has 3 nitrogen and oxygen atoms in total. The minimum atomic E-state index is 0.0893. The van der Waals surface area contributed by atoms with E-state index in [0.29, 0.717) is 0 Å². The fourth-order valence-corrected chi connectivity index (χ4v) is 2.25. The lowest BCUT2D eigenvalue weighted by atomic mass is 10.0. The molecule has 0 saturated heterocycles. The number of hydrogen-bond acceptors (Lipinski definition) is 3. The molecule has 1 atom stereocenters. The van der Waals surface area contributed by atoms with Crippen molar-refractivity contribution in [2.75, 3.05) is 20.3 Å². The van der Waals surface area contributed by atoms with Crippen LogP contribution in [0.15, 0.2) is 36.1 Å². The lowest BCUT2D eigenvalue weighted by Gasteiger charge is -2.26. The van der Waals surface area contributed by atoms with E-state index in [2.05, 4.69) is 24.4 Å². The van der Waals surface area contributed by atoms with Crippen LogP contribution >= 0.6 is 0 Å². The molecule has 0 aromatic heterocycles. The zero-order valence-electron chi connectivity index (χ0n) is 11.1. The Morgan fingerprint density at radius 2 is 2.22 bits per heavy atom. The van der Waals surface area contributed by atoms with Crippen molar-refractivity contribution in [1.29, 1.82) is 0 Å². The van der Waals surface area contributed by atoms with E-state index in [-0.39, 0.29) is 6.04 Å². The number of likely N-dealkylation sites (N-methyl/N-ethyl adjacent to an activating group) is 1. The molecule has 0 fully saturated rings. The number of nitrogens with one attached hydrogen (secondary N) is 1. The smallest absolute Gasteiger partial charge is 0.124 e. The van der Waals surface area contributed by atoms with Gasteiger partial charge in [0.2, 0.25) is 0 Å². The average molecular weight is 247 g/mol. The molecule has 3 heteroatoms. The number of allylic oxidation sites excluding steroid dienone is 1. The first-order valence-corrected chi connectivity index (χ1v) is 6.56. The van der Waals surface area contributed by atoms with Crippen molar-refractivity contribution in [2.24, 2.45) is 0 Å². The molecule has 0 amide bonds. The number of benzene rings is 1. The van der Waals surface area contributed by atoms with Gasteiger partial charge in [-0.25, -0.2) is 0 Å². The molecular weight excluding hydrogens is 226 g/mol. The predicted molar refractivity (Wildman–Crippen MR) is 72.7 cm³/mol. The molecule has 1 aliphatic heterocycles. The van der Waals surface area contributed by atoms with Gasteiger partial charge in [0, 0.05) is 5.56 Å². The van der Waals surface area contributed by atoms with Gasteiger partial charge in [-0.2, -0.15) is 0 Å². The van der Waals surface area contributed by atoms with Crippen LogP contribution in [-0.4, -0.2) is 20.3 Å². The molecule has 1 unspecified atom stereocenters. The fraction of sp³-hybridized carbons (Fsp3) is 0.467. The van der Waals surface area contributed by atoms with Gasteiger partial charge in [0.05, 0.1) is 19.8 Å². The maximum atomic E-state index is 5.79. The largest absolute Gasteiger partial charge is 0.496 e. The third-order valence-electron chi connectivity index (χ3n) is 3.11. The number of para-hydroxylation sites is 1. The lowest BCUT2D eigenvalue weighted by molar-refractivity contribution is 0.167. The molecule has 0 bridgehead atoms. The Kier molecular flexibility index (Phi) is 4.65. The second-order valence-corrected chi connectivity index (χ2v) is 4.33. The van der Waals surface area contributed by atoms with Gasteiger partial charge in [-0.3, -0.25) is 0 Å². The van der Waals surface area contributed by atoms with Crippen LogP contribution in [0.2, 0.25) is 0 Å². The molecular formula is C15H21NO2. The Morgan fingerprint density at radius 1 is 1.39 bits per heavy atom. The first-order chi connectivity index (χ1) is 8.86. The van der Waals surface area contributed by atoms with Crippen LogP contribution in [0.5, 0.6) is 5.75 Å². The molecule has 1 aromatic carbocycles. The summed E-state index contributed by atoms with van der Waals surface area (Å²) in [6, 6.07) is 8.19. The average Bonchev–Trinajstić information content (AvgIpc) is 2.46. The molecule has 0 saturated carbocycles. The number of ether oxygens (including phenoxy) is 2. The molecule has 1 heterocycles. The van der Waals surface area contributed by atoms with Gasteiger partial charge in [-0.15, -0.1) is 0 Å². The van der Waals surface area contributed by atoms with Gasteiger partial charge in [0.15, 0.2) is 0 Å². The molecule has 98 valence electrons. The normalized spacial score (nSPS) is 16.7. The number of rotatable bonds is 5. The molecule has 2 rings (SSSR count). The van der Waals surface area contributed by atoms with E-state index in [9.17, 15) is 0 Å². The zero-order valence-corrected chi connectivity index (χ0v) is 11.1. The molecule has 0 spiro atoms. The van der Waals surface area contributed by atoms with E-state index >= 15 is 0 Å². The SMILES string of the molecule is CCNC(C1=CCCCO1)c1ccccc1OC. The van der Waals surface area contributed by atoms with Crippen LogP contribution in [-0.2, 0) is 4.74 Å². The summed E-state index contributed by atoms with van der Waals surface area (Å²) in [5.41, 5.74) is 1.13. The molecule has 18 heavy (non-hydrogen) atoms. The van der Waals surface area contributed by atoms with Crippen molar-refractivity contribution in [3.8, 4) is 5.75 Å². The second-order valence-electron chi connectivity index (χ2n) is 4.33. The summed E-state index contributed by atoms with van der Waals surface area (Å²) < 4.78 is 11.2. The number of methoxy groups -OCH3 is 1. The Bertz CT molecular complexity index is 415. The highest BCUT2D eigenvalue weighted by Gasteiger charge is 2.21. The Balaban J connectivity index is 2.31. The van der Waals surface area contributed by atoms with Gasteiger partial charge in [0.25, 0.3) is 0 Å². The third-order valence-corrected chi connectivity index (χ3v) is 3.11. The summed E-state index contributed by atoms with van der Waals surface area (Å²) in [6.45, 7) is 3.80. The van der Waals surface area contributed by atoms with Crippen LogP contribution in [0.1, 0.15) is 31.4 Å². The van der Waals surface area contributed by atoms with Crippen molar-refractivity contribution >= 4 is 0 Å². The van der Waals surface area contributed by atoms with E-state index in [1.807, 2.05) is 18.2 Å². The summed E-state index contributed by atoms with van der Waals surface area (Å²) in [5.74, 6) is 1.92. The van der Waals surface area contributed by atoms with Crippen molar-refractivity contribution in [3.63, 3.8) is 0 Å². The second kappa shape index (κ2) is 6.45. The number of hydrogen-bond donors (Lipinski definition) is 1. The van der Waals surface area contributed by atoms with Crippen molar-refractivity contribution in [2.45, 2.75) is 25.8 Å². The summed E-state index contributed by atoms with van der Waals surface area (Å²) >= 11 is 0. The van der Waals surface area contributed by atoms with Gasteiger partial charge in [-0.1, -0.05) is 25.1 Å². The quantitative estimate of drug-likeness (QED) is 0.867. The minimum Gasteiger partial charge on any atom is -0.496 e. The van der Waals surface area contributed by atoms with E-state index in [1.165, 1.54) is 0 Å². The molecule has 0 radical (unpaired) electrons. The van der Waals surface area contributed by atoms with Crippen LogP contribution in [0.4, 0.5) is 0 Å². The lowest BCUT2D eigenvalue weighted by Crippen LogP contribution is -2.25. The van der Waals surface area contributed by atoms with E-state index < -0.39 is 0 Å². The monoisotopic (exact) mass is 247 g/mol. The van der Waals surface area contributed by atoms with Gasteiger partial charge >= 0.3 is 0 Å². The van der Waals surface area contributed by atoms with E-state index in [4.69, 9.17) is 9.47 Å². The van der Waals surface area contributed by atoms with E-state index in [0.717, 1.165) is 43.1 Å². The zero-order chi connectivity index (χ0) is 12.8. The summed E-state index contributed by atoms with van der Waals surface area (Å²) in [4.78, 5) is 0. The maximum Gasteiger partial charge on any atom is 0.124 e. The fourth-order valence-electron chi connectivity index (χ4n) is 2.25. The first kappa shape index (κ1) is 13.0.